The summed E-state index contributed by atoms with van der Waals surface area (Å²) < 4.78 is 8.16. The molecule has 3 aromatic carbocycles. The van der Waals surface area contributed by atoms with E-state index in [0.29, 0.717) is 0 Å². The minimum Gasteiger partial charge on any atom is -0.341 e. The van der Waals surface area contributed by atoms with Gasteiger partial charge in [0.05, 0.1) is 0 Å². The third-order valence-corrected chi connectivity index (χ3v) is 15.5. The third-order valence-electron chi connectivity index (χ3n) is 4.64. The fourth-order valence-electron chi connectivity index (χ4n) is 3.22. The van der Waals surface area contributed by atoms with E-state index in [1.165, 1.54) is 15.6 Å². The molecule has 0 fully saturated rings. The second kappa shape index (κ2) is 8.75. The number of hydrogen-bond acceptors (Lipinski definition) is 2. The Morgan fingerprint density at radius 3 is 1.31 bits per heavy atom. The lowest BCUT2D eigenvalue weighted by atomic mass is 10.4. The summed E-state index contributed by atoms with van der Waals surface area (Å²) in [4.78, 5) is 0. The normalized spacial score (nSPS) is 11.9. The second-order valence-corrected chi connectivity index (χ2v) is 15.2. The lowest BCUT2D eigenvalue weighted by molar-refractivity contribution is 1.26. The van der Waals surface area contributed by atoms with E-state index in [4.69, 9.17) is 0 Å². The van der Waals surface area contributed by atoms with E-state index in [2.05, 4.69) is 120 Å². The van der Waals surface area contributed by atoms with Gasteiger partial charge >= 0.3 is 0 Å². The molecule has 0 aromatic heterocycles. The Balaban J connectivity index is 1.87. The van der Waals surface area contributed by atoms with Gasteiger partial charge in [-0.05, 0) is 22.1 Å². The standard InChI is InChI=1S/C21H26N2Si3/c1-24(19-13-7-4-8-14-19)22-26(3,21-17-11-6-12-18-21)23-25(2)20-15-9-5-10-16-20/h4-18,22-23H,1-3H3. The molecule has 0 unspecified atom stereocenters. The summed E-state index contributed by atoms with van der Waals surface area (Å²) in [6.45, 7) is 7.14. The fraction of sp³-hybridized carbons (Fsp3) is 0.143. The summed E-state index contributed by atoms with van der Waals surface area (Å²) in [6, 6.07) is 32.7. The van der Waals surface area contributed by atoms with Crippen LogP contribution in [0.3, 0.4) is 0 Å². The molecule has 3 aromatic rings. The molecule has 0 heterocycles. The van der Waals surface area contributed by atoms with Crippen molar-refractivity contribution in [3.8, 4) is 0 Å². The topological polar surface area (TPSA) is 24.1 Å². The SMILES string of the molecule is C[Si](N[Si](C)(N[Si](C)c1ccccc1)c1ccccc1)c1ccccc1. The maximum Gasteiger partial charge on any atom is 0.218 e. The Morgan fingerprint density at radius 1 is 0.577 bits per heavy atom. The van der Waals surface area contributed by atoms with E-state index < -0.39 is 26.3 Å². The molecule has 0 spiro atoms. The summed E-state index contributed by atoms with van der Waals surface area (Å²) in [5, 5.41) is 4.28. The summed E-state index contributed by atoms with van der Waals surface area (Å²) in [7, 11) is -3.69. The zero-order valence-electron chi connectivity index (χ0n) is 15.7. The lowest BCUT2D eigenvalue weighted by Gasteiger charge is -2.35. The molecule has 132 valence electrons. The molecule has 26 heavy (non-hydrogen) atoms. The van der Waals surface area contributed by atoms with Crippen LogP contribution in [0.2, 0.25) is 19.6 Å². The summed E-state index contributed by atoms with van der Waals surface area (Å²) in [5.41, 5.74) is 0. The van der Waals surface area contributed by atoms with E-state index in [0.717, 1.165) is 0 Å². The molecule has 0 amide bonds. The number of rotatable bonds is 7. The van der Waals surface area contributed by atoms with E-state index >= 15 is 0 Å². The van der Waals surface area contributed by atoms with Crippen molar-refractivity contribution in [1.29, 1.82) is 0 Å². The van der Waals surface area contributed by atoms with Crippen molar-refractivity contribution >= 4 is 41.9 Å². The Labute approximate surface area is 161 Å². The molecule has 0 saturated carbocycles. The van der Waals surface area contributed by atoms with Gasteiger partial charge in [0, 0.05) is 0 Å². The van der Waals surface area contributed by atoms with Crippen LogP contribution in [0.25, 0.3) is 0 Å². The molecule has 2 nitrogen and oxygen atoms in total. The van der Waals surface area contributed by atoms with Crippen molar-refractivity contribution < 1.29 is 0 Å². The smallest absolute Gasteiger partial charge is 0.218 e. The average molecular weight is 391 g/mol. The van der Waals surface area contributed by atoms with Crippen molar-refractivity contribution in [3.05, 3.63) is 91.0 Å². The van der Waals surface area contributed by atoms with E-state index in [1.807, 2.05) is 0 Å². The monoisotopic (exact) mass is 390 g/mol. The predicted molar refractivity (Wildman–Crippen MR) is 119 cm³/mol. The van der Waals surface area contributed by atoms with Gasteiger partial charge < -0.3 is 9.30 Å². The first-order valence-corrected chi connectivity index (χ1v) is 15.5. The zero-order valence-corrected chi connectivity index (χ0v) is 18.7. The lowest BCUT2D eigenvalue weighted by Crippen LogP contribution is -2.76. The quantitative estimate of drug-likeness (QED) is 0.605. The van der Waals surface area contributed by atoms with Crippen LogP contribution in [0, 0.1) is 0 Å². The zero-order chi connectivity index (χ0) is 18.4. The van der Waals surface area contributed by atoms with Crippen LogP contribution in [0.1, 0.15) is 0 Å². The number of benzene rings is 3. The van der Waals surface area contributed by atoms with Crippen LogP contribution >= 0.6 is 0 Å². The van der Waals surface area contributed by atoms with Gasteiger partial charge in [-0.2, -0.15) is 0 Å². The molecule has 0 aliphatic carbocycles. The van der Waals surface area contributed by atoms with Crippen molar-refractivity contribution in [3.63, 3.8) is 0 Å². The molecular weight excluding hydrogens is 365 g/mol. The molecular formula is C21H26N2Si3. The van der Waals surface area contributed by atoms with Gasteiger partial charge in [0.2, 0.25) is 8.40 Å². The highest BCUT2D eigenvalue weighted by Gasteiger charge is 2.34. The van der Waals surface area contributed by atoms with Crippen LogP contribution in [0.15, 0.2) is 91.0 Å². The Kier molecular flexibility index (Phi) is 6.39. The van der Waals surface area contributed by atoms with Crippen LogP contribution in [0.4, 0.5) is 0 Å². The molecule has 0 atom stereocenters. The van der Waals surface area contributed by atoms with Crippen molar-refractivity contribution in [2.75, 3.05) is 0 Å². The van der Waals surface area contributed by atoms with Crippen molar-refractivity contribution in [2.24, 2.45) is 0 Å². The molecule has 0 bridgehead atoms. The van der Waals surface area contributed by atoms with Gasteiger partial charge in [0.25, 0.3) is 0 Å². The molecule has 2 radical (unpaired) electrons. The van der Waals surface area contributed by atoms with E-state index in [-0.39, 0.29) is 0 Å². The first kappa shape index (κ1) is 19.0. The van der Waals surface area contributed by atoms with Gasteiger partial charge in [-0.15, -0.1) is 0 Å². The van der Waals surface area contributed by atoms with E-state index in [9.17, 15) is 0 Å². The third kappa shape index (κ3) is 4.69. The Bertz CT molecular complexity index is 750. The number of nitrogens with one attached hydrogen (secondary N) is 2. The highest BCUT2D eigenvalue weighted by Crippen LogP contribution is 2.01. The Morgan fingerprint density at radius 2 is 0.923 bits per heavy atom. The average Bonchev–Trinajstić information content (AvgIpc) is 2.70. The highest BCUT2D eigenvalue weighted by molar-refractivity contribution is 7.00. The molecule has 0 aliphatic rings. The van der Waals surface area contributed by atoms with Crippen LogP contribution in [-0.2, 0) is 0 Å². The molecule has 0 aliphatic heterocycles. The minimum absolute atomic E-state index is 0.832. The first-order chi connectivity index (χ1) is 12.6. The van der Waals surface area contributed by atoms with Gasteiger partial charge in [-0.3, -0.25) is 0 Å². The summed E-state index contributed by atoms with van der Waals surface area (Å²) in [5.74, 6) is 0. The van der Waals surface area contributed by atoms with Gasteiger partial charge in [0.1, 0.15) is 0 Å². The van der Waals surface area contributed by atoms with Crippen LogP contribution in [0.5, 0.6) is 0 Å². The molecule has 2 N–H and O–H groups in total. The fourth-order valence-corrected chi connectivity index (χ4v) is 14.6. The van der Waals surface area contributed by atoms with E-state index in [1.54, 1.807) is 0 Å². The van der Waals surface area contributed by atoms with Gasteiger partial charge in [0.15, 0.2) is 17.9 Å². The van der Waals surface area contributed by atoms with Crippen LogP contribution < -0.4 is 24.9 Å². The maximum absolute atomic E-state index is 4.08. The van der Waals surface area contributed by atoms with Gasteiger partial charge in [-0.1, -0.05) is 104 Å². The molecule has 0 saturated heterocycles. The summed E-state index contributed by atoms with van der Waals surface area (Å²) >= 11 is 0. The van der Waals surface area contributed by atoms with Crippen molar-refractivity contribution in [1.82, 2.24) is 9.30 Å². The number of hydrogen-bond donors (Lipinski definition) is 2. The summed E-state index contributed by atoms with van der Waals surface area (Å²) in [6.07, 6.45) is 0. The first-order valence-electron chi connectivity index (χ1n) is 8.98. The highest BCUT2D eigenvalue weighted by atomic mass is 28.4. The van der Waals surface area contributed by atoms with Crippen molar-refractivity contribution in [2.45, 2.75) is 19.6 Å². The van der Waals surface area contributed by atoms with Gasteiger partial charge in [-0.25, -0.2) is 0 Å². The maximum atomic E-state index is 4.08. The predicted octanol–water partition coefficient (Wildman–Crippen LogP) is 2.20. The molecule has 3 rings (SSSR count). The molecule has 5 heteroatoms. The second-order valence-electron chi connectivity index (χ2n) is 6.72. The Hall–Kier alpha value is -1.77. The largest absolute Gasteiger partial charge is 0.341 e. The minimum atomic E-state index is -2.03. The van der Waals surface area contributed by atoms with Crippen LogP contribution in [-0.4, -0.2) is 26.3 Å².